The highest BCUT2D eigenvalue weighted by atomic mass is 35.5. The number of aromatic nitrogens is 1. The Morgan fingerprint density at radius 3 is 2.75 bits per heavy atom. The van der Waals surface area contributed by atoms with Crippen LogP contribution in [0.1, 0.15) is 12.5 Å². The number of anilines is 2. The third-order valence-electron chi connectivity index (χ3n) is 5.91. The molecule has 3 aliphatic heterocycles. The lowest BCUT2D eigenvalue weighted by Crippen LogP contribution is -2.74. The van der Waals surface area contributed by atoms with Crippen molar-refractivity contribution in [2.24, 2.45) is 5.41 Å². The van der Waals surface area contributed by atoms with Gasteiger partial charge in [-0.1, -0.05) is 11.6 Å². The fourth-order valence-corrected chi connectivity index (χ4v) is 4.65. The summed E-state index contributed by atoms with van der Waals surface area (Å²) in [6.07, 6.45) is 1.86. The molecule has 7 heteroatoms. The second-order valence-electron chi connectivity index (χ2n) is 8.33. The number of pyridine rings is 1. The fraction of sp³-hybridized carbons (Fsp3) is 0.429. The summed E-state index contributed by atoms with van der Waals surface area (Å²) >= 11 is 6.08. The number of carbonyl (C=O) groups is 1. The van der Waals surface area contributed by atoms with Gasteiger partial charge in [-0.05, 0) is 43.7 Å². The van der Waals surface area contributed by atoms with E-state index in [0.29, 0.717) is 17.4 Å². The summed E-state index contributed by atoms with van der Waals surface area (Å²) in [5, 5.41) is 0.614. The Morgan fingerprint density at radius 1 is 1.21 bits per heavy atom. The molecular weight excluding hydrogens is 376 g/mol. The van der Waals surface area contributed by atoms with Gasteiger partial charge in [-0.3, -0.25) is 4.90 Å². The molecule has 5 rings (SSSR count). The van der Waals surface area contributed by atoms with Crippen LogP contribution < -0.4 is 14.5 Å². The number of ether oxygens (including phenoxy) is 1. The highest BCUT2D eigenvalue weighted by Gasteiger charge is 2.54. The van der Waals surface area contributed by atoms with E-state index in [4.69, 9.17) is 16.3 Å². The normalized spacial score (nSPS) is 22.2. The lowest BCUT2D eigenvalue weighted by atomic mass is 9.73. The number of hydrogen-bond acceptors (Lipinski definition) is 4. The maximum absolute atomic E-state index is 13.2. The number of fused-ring (bicyclic) bond motifs is 1. The number of amides is 2. The van der Waals surface area contributed by atoms with Gasteiger partial charge in [-0.2, -0.15) is 0 Å². The molecule has 0 N–H and O–H groups in total. The van der Waals surface area contributed by atoms with Crippen molar-refractivity contribution < 1.29 is 9.53 Å². The summed E-state index contributed by atoms with van der Waals surface area (Å²) in [5.41, 5.74) is 2.23. The second kappa shape index (κ2) is 6.27. The van der Waals surface area contributed by atoms with Crippen molar-refractivity contribution in [1.82, 2.24) is 9.88 Å². The van der Waals surface area contributed by atoms with Crippen LogP contribution in [0.5, 0.6) is 5.75 Å². The average molecular weight is 399 g/mol. The molecule has 1 aromatic heterocycles. The maximum atomic E-state index is 13.2. The molecule has 6 nitrogen and oxygen atoms in total. The van der Waals surface area contributed by atoms with E-state index < -0.39 is 0 Å². The van der Waals surface area contributed by atoms with Gasteiger partial charge in [0, 0.05) is 48.9 Å². The highest BCUT2D eigenvalue weighted by molar-refractivity contribution is 6.30. The van der Waals surface area contributed by atoms with E-state index in [2.05, 4.69) is 22.9 Å². The van der Waals surface area contributed by atoms with Crippen LogP contribution in [0.4, 0.5) is 16.3 Å². The van der Waals surface area contributed by atoms with Gasteiger partial charge in [0.25, 0.3) is 0 Å². The van der Waals surface area contributed by atoms with Crippen LogP contribution in [-0.4, -0.2) is 54.7 Å². The Kier molecular flexibility index (Phi) is 3.95. The van der Waals surface area contributed by atoms with Gasteiger partial charge < -0.3 is 14.5 Å². The van der Waals surface area contributed by atoms with E-state index in [1.165, 1.54) is 5.56 Å². The van der Waals surface area contributed by atoms with E-state index in [1.54, 1.807) is 12.1 Å². The smallest absolute Gasteiger partial charge is 0.325 e. The molecule has 28 heavy (non-hydrogen) atoms. The third kappa shape index (κ3) is 2.78. The molecule has 2 fully saturated rings. The van der Waals surface area contributed by atoms with Crippen LogP contribution in [-0.2, 0) is 0 Å². The quantitative estimate of drug-likeness (QED) is 0.736. The van der Waals surface area contributed by atoms with E-state index in [-0.39, 0.29) is 17.5 Å². The minimum Gasteiger partial charge on any atom is -0.489 e. The van der Waals surface area contributed by atoms with Crippen molar-refractivity contribution in [3.63, 3.8) is 0 Å². The number of benzene rings is 1. The van der Waals surface area contributed by atoms with Crippen LogP contribution in [0.25, 0.3) is 0 Å². The molecule has 2 aromatic rings. The molecular formula is C21H23ClN4O2. The first-order valence-corrected chi connectivity index (χ1v) is 10.0. The van der Waals surface area contributed by atoms with Crippen molar-refractivity contribution >= 4 is 29.1 Å². The van der Waals surface area contributed by atoms with Crippen molar-refractivity contribution in [1.29, 1.82) is 0 Å². The average Bonchev–Trinajstić information content (AvgIpc) is 2.59. The summed E-state index contributed by atoms with van der Waals surface area (Å²) in [7, 11) is 0. The van der Waals surface area contributed by atoms with Gasteiger partial charge in [0.2, 0.25) is 0 Å². The van der Waals surface area contributed by atoms with E-state index in [1.807, 2.05) is 35.1 Å². The van der Waals surface area contributed by atoms with Gasteiger partial charge >= 0.3 is 6.03 Å². The number of urea groups is 1. The van der Waals surface area contributed by atoms with Crippen LogP contribution in [0.15, 0.2) is 36.5 Å². The lowest BCUT2D eigenvalue weighted by Gasteiger charge is -2.61. The minimum absolute atomic E-state index is 0.00731. The third-order valence-corrected chi connectivity index (χ3v) is 6.14. The van der Waals surface area contributed by atoms with E-state index in [9.17, 15) is 4.79 Å². The Labute approximate surface area is 169 Å². The van der Waals surface area contributed by atoms with Crippen molar-refractivity contribution in [2.45, 2.75) is 19.9 Å². The number of hydrogen-bond donors (Lipinski definition) is 0. The number of likely N-dealkylation sites (tertiary alicyclic amines) is 1. The largest absolute Gasteiger partial charge is 0.489 e. The zero-order valence-electron chi connectivity index (χ0n) is 16.1. The van der Waals surface area contributed by atoms with Crippen LogP contribution >= 0.6 is 11.6 Å². The zero-order chi connectivity index (χ0) is 19.5. The van der Waals surface area contributed by atoms with Crippen molar-refractivity contribution in [2.75, 3.05) is 42.6 Å². The monoisotopic (exact) mass is 398 g/mol. The predicted octanol–water partition coefficient (Wildman–Crippen LogP) is 3.57. The summed E-state index contributed by atoms with van der Waals surface area (Å²) in [4.78, 5) is 23.8. The number of nitrogens with zero attached hydrogens (tertiary/aromatic N) is 4. The van der Waals surface area contributed by atoms with Gasteiger partial charge in [-0.25, -0.2) is 9.78 Å². The highest BCUT2D eigenvalue weighted by Crippen LogP contribution is 2.43. The molecule has 1 aromatic carbocycles. The molecule has 4 heterocycles. The van der Waals surface area contributed by atoms with E-state index in [0.717, 1.165) is 37.7 Å². The minimum atomic E-state index is -0.00731. The number of aryl methyl sites for hydroxylation is 1. The molecule has 0 aliphatic carbocycles. The van der Waals surface area contributed by atoms with Gasteiger partial charge in [0.1, 0.15) is 18.2 Å². The first-order chi connectivity index (χ1) is 13.4. The van der Waals surface area contributed by atoms with Crippen LogP contribution in [0, 0.1) is 12.3 Å². The number of rotatable bonds is 1. The van der Waals surface area contributed by atoms with Crippen LogP contribution in [0.3, 0.4) is 0 Å². The summed E-state index contributed by atoms with van der Waals surface area (Å²) in [6.45, 7) is 8.07. The summed E-state index contributed by atoms with van der Waals surface area (Å²) in [6, 6.07) is 9.63. The molecule has 0 saturated carbocycles. The molecule has 146 valence electrons. The second-order valence-corrected chi connectivity index (χ2v) is 8.76. The molecule has 1 spiro atoms. The molecule has 1 atom stereocenters. The Bertz CT molecular complexity index is 936. The SMILES string of the molecule is Cc1ccnc(N2CC3(CN(C(=O)N4c5ccc(Cl)cc5OCC4C)C3)C2)c1. The molecule has 2 saturated heterocycles. The Balaban J connectivity index is 1.26. The Hall–Kier alpha value is -2.47. The van der Waals surface area contributed by atoms with Gasteiger partial charge in [-0.15, -0.1) is 0 Å². The van der Waals surface area contributed by atoms with Crippen molar-refractivity contribution in [3.05, 3.63) is 47.1 Å². The van der Waals surface area contributed by atoms with Gasteiger partial charge in [0.05, 0.1) is 11.7 Å². The lowest BCUT2D eigenvalue weighted by molar-refractivity contribution is 0.00858. The number of halogens is 1. The van der Waals surface area contributed by atoms with Gasteiger partial charge in [0.15, 0.2) is 0 Å². The van der Waals surface area contributed by atoms with E-state index >= 15 is 0 Å². The molecule has 3 aliphatic rings. The topological polar surface area (TPSA) is 48.9 Å². The molecule has 2 amide bonds. The maximum Gasteiger partial charge on any atom is 0.325 e. The standard InChI is InChI=1S/C21H23ClN4O2/c1-14-5-6-23-19(7-14)24-10-21(11-24)12-25(13-21)20(27)26-15(2)9-28-18-8-16(22)3-4-17(18)26/h3-8,15H,9-13H2,1-2H3. The zero-order valence-corrected chi connectivity index (χ0v) is 16.8. The fourth-order valence-electron chi connectivity index (χ4n) is 4.49. The predicted molar refractivity (Wildman–Crippen MR) is 109 cm³/mol. The Morgan fingerprint density at radius 2 is 2.00 bits per heavy atom. The number of carbonyl (C=O) groups excluding carboxylic acids is 1. The van der Waals surface area contributed by atoms with Crippen molar-refractivity contribution in [3.8, 4) is 5.75 Å². The van der Waals surface area contributed by atoms with Crippen LogP contribution in [0.2, 0.25) is 5.02 Å². The molecule has 0 radical (unpaired) electrons. The summed E-state index contributed by atoms with van der Waals surface area (Å²) < 4.78 is 5.76. The molecule has 1 unspecified atom stereocenters. The first kappa shape index (κ1) is 17.6. The summed E-state index contributed by atoms with van der Waals surface area (Å²) in [5.74, 6) is 1.71. The molecule has 0 bridgehead atoms. The first-order valence-electron chi connectivity index (χ1n) is 9.62.